The number of nitrogens with zero attached hydrogens (tertiary/aromatic N) is 1. The van der Waals surface area contributed by atoms with Crippen LogP contribution < -0.4 is 5.32 Å². The molecule has 1 atom stereocenters. The lowest BCUT2D eigenvalue weighted by Crippen LogP contribution is -2.25. The van der Waals surface area contributed by atoms with Gasteiger partial charge in [-0.2, -0.15) is 11.8 Å². The van der Waals surface area contributed by atoms with E-state index in [0.717, 1.165) is 12.5 Å². The minimum Gasteiger partial charge on any atom is -0.310 e. The lowest BCUT2D eigenvalue weighted by Gasteiger charge is -2.27. The van der Waals surface area contributed by atoms with Crippen LogP contribution >= 0.6 is 11.8 Å². The Morgan fingerprint density at radius 1 is 1.29 bits per heavy atom. The first-order valence-corrected chi connectivity index (χ1v) is 9.17. The number of aromatic nitrogens is 1. The van der Waals surface area contributed by atoms with Gasteiger partial charge in [0, 0.05) is 23.8 Å². The van der Waals surface area contributed by atoms with Gasteiger partial charge in [-0.1, -0.05) is 25.1 Å². The largest absolute Gasteiger partial charge is 0.310 e. The van der Waals surface area contributed by atoms with Crippen molar-refractivity contribution < 1.29 is 0 Å². The van der Waals surface area contributed by atoms with E-state index in [4.69, 9.17) is 0 Å². The van der Waals surface area contributed by atoms with Crippen molar-refractivity contribution in [2.75, 3.05) is 18.1 Å². The zero-order valence-electron chi connectivity index (χ0n) is 12.7. The third-order valence-electron chi connectivity index (χ3n) is 4.45. The average molecular weight is 300 g/mol. The molecule has 21 heavy (non-hydrogen) atoms. The summed E-state index contributed by atoms with van der Waals surface area (Å²) >= 11 is 2.11. The van der Waals surface area contributed by atoms with Crippen LogP contribution in [0.2, 0.25) is 0 Å². The Hall–Kier alpha value is -1.06. The molecule has 1 saturated heterocycles. The van der Waals surface area contributed by atoms with E-state index >= 15 is 0 Å². The minimum atomic E-state index is 0.455. The Bertz CT molecular complexity index is 573. The first kappa shape index (κ1) is 14.9. The fourth-order valence-electron chi connectivity index (χ4n) is 3.32. The predicted octanol–water partition coefficient (Wildman–Crippen LogP) is 4.42. The zero-order chi connectivity index (χ0) is 14.5. The molecule has 0 bridgehead atoms. The van der Waals surface area contributed by atoms with E-state index in [0.29, 0.717) is 6.04 Å². The molecule has 1 N–H and O–H groups in total. The van der Waals surface area contributed by atoms with E-state index in [2.05, 4.69) is 53.3 Å². The van der Waals surface area contributed by atoms with Crippen LogP contribution in [0.4, 0.5) is 0 Å². The van der Waals surface area contributed by atoms with Gasteiger partial charge in [-0.3, -0.25) is 4.98 Å². The normalized spacial score (nSPS) is 18.0. The molecule has 0 spiro atoms. The van der Waals surface area contributed by atoms with Crippen molar-refractivity contribution in [1.29, 1.82) is 0 Å². The number of pyridine rings is 1. The molecule has 112 valence electrons. The summed E-state index contributed by atoms with van der Waals surface area (Å²) in [6.45, 7) is 3.22. The van der Waals surface area contributed by atoms with Crippen LogP contribution in [0, 0.1) is 5.92 Å². The molecule has 0 amide bonds. The van der Waals surface area contributed by atoms with Crippen molar-refractivity contribution in [2.24, 2.45) is 5.92 Å². The average Bonchev–Trinajstić information content (AvgIpc) is 2.55. The molecule has 3 rings (SSSR count). The molecule has 2 heterocycles. The molecule has 3 heteroatoms. The smallest absolute Gasteiger partial charge is 0.0349 e. The van der Waals surface area contributed by atoms with Gasteiger partial charge in [0.1, 0.15) is 0 Å². The topological polar surface area (TPSA) is 24.9 Å². The van der Waals surface area contributed by atoms with Crippen molar-refractivity contribution in [3.8, 4) is 0 Å². The van der Waals surface area contributed by atoms with Gasteiger partial charge in [0.15, 0.2) is 0 Å². The molecule has 0 aliphatic carbocycles. The van der Waals surface area contributed by atoms with Gasteiger partial charge >= 0.3 is 0 Å². The third-order valence-corrected chi connectivity index (χ3v) is 5.50. The number of fused-ring (bicyclic) bond motifs is 1. The predicted molar refractivity (Wildman–Crippen MR) is 92.8 cm³/mol. The van der Waals surface area contributed by atoms with E-state index < -0.39 is 0 Å². The summed E-state index contributed by atoms with van der Waals surface area (Å²) in [5.74, 6) is 3.53. The second-order valence-electron chi connectivity index (χ2n) is 5.85. The maximum atomic E-state index is 4.33. The molecule has 1 fully saturated rings. The Morgan fingerprint density at radius 3 is 2.95 bits per heavy atom. The summed E-state index contributed by atoms with van der Waals surface area (Å²) in [4.78, 5) is 4.33. The number of benzene rings is 1. The lowest BCUT2D eigenvalue weighted by atomic mass is 9.89. The third kappa shape index (κ3) is 3.58. The summed E-state index contributed by atoms with van der Waals surface area (Å²) in [6.07, 6.45) is 7.89. The molecule has 1 aromatic carbocycles. The van der Waals surface area contributed by atoms with Crippen molar-refractivity contribution in [1.82, 2.24) is 10.3 Å². The molecule has 2 nitrogen and oxygen atoms in total. The van der Waals surface area contributed by atoms with E-state index in [1.54, 1.807) is 0 Å². The van der Waals surface area contributed by atoms with Gasteiger partial charge < -0.3 is 5.32 Å². The number of hydrogen-bond donors (Lipinski definition) is 1. The standard InChI is InChI=1S/C18H24N2S/c1-2-20-18(12-14-7-10-21-11-8-14)16-5-3-4-15-6-9-19-13-17(15)16/h3-6,9,13-14,18,20H,2,7-8,10-12H2,1H3. The minimum absolute atomic E-state index is 0.455. The fourth-order valence-corrected chi connectivity index (χ4v) is 4.53. The number of rotatable bonds is 5. The van der Waals surface area contributed by atoms with Crippen LogP contribution in [0.25, 0.3) is 10.8 Å². The van der Waals surface area contributed by atoms with Crippen LogP contribution in [-0.2, 0) is 0 Å². The highest BCUT2D eigenvalue weighted by molar-refractivity contribution is 7.99. The Balaban J connectivity index is 1.87. The molecule has 0 radical (unpaired) electrons. The van der Waals surface area contributed by atoms with E-state index in [1.807, 2.05) is 12.4 Å². The molecular weight excluding hydrogens is 276 g/mol. The van der Waals surface area contributed by atoms with Crippen molar-refractivity contribution in [2.45, 2.75) is 32.2 Å². The maximum Gasteiger partial charge on any atom is 0.0349 e. The fraction of sp³-hybridized carbons (Fsp3) is 0.500. The van der Waals surface area contributed by atoms with Gasteiger partial charge in [-0.15, -0.1) is 0 Å². The van der Waals surface area contributed by atoms with Crippen LogP contribution in [0.1, 0.15) is 37.8 Å². The molecule has 1 aliphatic heterocycles. The van der Waals surface area contributed by atoms with Crippen LogP contribution in [0.5, 0.6) is 0 Å². The molecule has 2 aromatic rings. The monoisotopic (exact) mass is 300 g/mol. The second kappa shape index (κ2) is 7.28. The Morgan fingerprint density at radius 2 is 2.14 bits per heavy atom. The number of nitrogens with one attached hydrogen (secondary N) is 1. The summed E-state index contributed by atoms with van der Waals surface area (Å²) in [6, 6.07) is 9.20. The SMILES string of the molecule is CCNC(CC1CCSCC1)c1cccc2ccncc12. The second-order valence-corrected chi connectivity index (χ2v) is 7.07. The zero-order valence-corrected chi connectivity index (χ0v) is 13.5. The molecule has 1 aromatic heterocycles. The summed E-state index contributed by atoms with van der Waals surface area (Å²) in [5, 5.41) is 6.30. The number of hydrogen-bond acceptors (Lipinski definition) is 3. The van der Waals surface area contributed by atoms with E-state index in [-0.39, 0.29) is 0 Å². The van der Waals surface area contributed by atoms with Gasteiger partial charge in [-0.25, -0.2) is 0 Å². The molecular formula is C18H24N2S. The maximum absolute atomic E-state index is 4.33. The highest BCUT2D eigenvalue weighted by Crippen LogP contribution is 2.33. The van der Waals surface area contributed by atoms with Gasteiger partial charge in [0.05, 0.1) is 0 Å². The van der Waals surface area contributed by atoms with Crippen molar-refractivity contribution >= 4 is 22.5 Å². The van der Waals surface area contributed by atoms with Crippen LogP contribution in [0.15, 0.2) is 36.7 Å². The van der Waals surface area contributed by atoms with Crippen molar-refractivity contribution in [3.63, 3.8) is 0 Å². The molecule has 0 saturated carbocycles. The summed E-state index contributed by atoms with van der Waals surface area (Å²) in [7, 11) is 0. The van der Waals surface area contributed by atoms with Gasteiger partial charge in [0.25, 0.3) is 0 Å². The van der Waals surface area contributed by atoms with Crippen molar-refractivity contribution in [3.05, 3.63) is 42.2 Å². The first-order valence-electron chi connectivity index (χ1n) is 8.02. The van der Waals surface area contributed by atoms with Crippen LogP contribution in [-0.4, -0.2) is 23.0 Å². The van der Waals surface area contributed by atoms with E-state index in [9.17, 15) is 0 Å². The summed E-state index contributed by atoms with van der Waals surface area (Å²) < 4.78 is 0. The van der Waals surface area contributed by atoms with Gasteiger partial charge in [-0.05, 0) is 60.2 Å². The highest BCUT2D eigenvalue weighted by Gasteiger charge is 2.21. The van der Waals surface area contributed by atoms with Gasteiger partial charge in [0.2, 0.25) is 0 Å². The molecule has 1 unspecified atom stereocenters. The molecule has 1 aliphatic rings. The van der Waals surface area contributed by atoms with E-state index in [1.165, 1.54) is 47.1 Å². The Labute approximate surface area is 131 Å². The Kier molecular flexibility index (Phi) is 5.15. The summed E-state index contributed by atoms with van der Waals surface area (Å²) in [5.41, 5.74) is 1.42. The highest BCUT2D eigenvalue weighted by atomic mass is 32.2. The number of thioether (sulfide) groups is 1. The van der Waals surface area contributed by atoms with Crippen LogP contribution in [0.3, 0.4) is 0 Å². The quantitative estimate of drug-likeness (QED) is 0.885. The first-order chi connectivity index (χ1) is 10.4. The lowest BCUT2D eigenvalue weighted by molar-refractivity contribution is 0.376.